The Morgan fingerprint density at radius 2 is 1.79 bits per heavy atom. The number of carbonyl (C=O) groups excluding carboxylic acids is 2. The largest absolute Gasteiger partial charge is 0.355 e. The molecule has 3 atom stereocenters. The average molecular weight is 521 g/mol. The minimum absolute atomic E-state index is 0.00343. The summed E-state index contributed by atoms with van der Waals surface area (Å²) >= 11 is 0. The molecule has 5 heterocycles. The summed E-state index contributed by atoms with van der Waals surface area (Å²) in [6, 6.07) is 5.99. The highest BCUT2D eigenvalue weighted by Gasteiger charge is 2.41. The zero-order valence-corrected chi connectivity index (χ0v) is 23.7. The summed E-state index contributed by atoms with van der Waals surface area (Å²) in [7, 11) is 0. The topological polar surface area (TPSA) is 91.5 Å². The van der Waals surface area contributed by atoms with Crippen molar-refractivity contribution in [2.75, 3.05) is 0 Å². The third-order valence-corrected chi connectivity index (χ3v) is 9.46. The van der Waals surface area contributed by atoms with Gasteiger partial charge in [-0.05, 0) is 62.9 Å². The Bertz CT molecular complexity index is 1750. The molecule has 3 aromatic rings. The van der Waals surface area contributed by atoms with E-state index in [0.29, 0.717) is 18.5 Å². The number of hydrogen-bond acceptors (Lipinski definition) is 4. The molecular weight excluding hydrogens is 484 g/mol. The molecule has 1 unspecified atom stereocenters. The quantitative estimate of drug-likeness (QED) is 0.371. The standard InChI is InChI=1S/C33H36N4O2/c1-8-11-20-17(5)23-13-22-16(4)19(9-2)25(34-22)15-28-33(7,10-3)32(39)26(35-28)14-24-18(6)29-27(38)12-21(30(20)36-23)31(29)37-24/h9,13-15,17,20,34,37H,2,8,10-12H2,1,3-7H3/t17-,20-,33?/m0/s1. The van der Waals surface area contributed by atoms with Crippen LogP contribution < -0.4 is 0 Å². The number of aryl methyl sites for hydroxylation is 2. The summed E-state index contributed by atoms with van der Waals surface area (Å²) in [5.41, 5.74) is 10.6. The first-order valence-electron chi connectivity index (χ1n) is 14.1. The molecule has 6 nitrogen and oxygen atoms in total. The highest BCUT2D eigenvalue weighted by molar-refractivity contribution is 6.13. The summed E-state index contributed by atoms with van der Waals surface area (Å²) in [4.78, 5) is 44.3. The van der Waals surface area contributed by atoms with Crippen molar-refractivity contribution in [3.63, 3.8) is 0 Å². The van der Waals surface area contributed by atoms with Crippen LogP contribution in [0.25, 0.3) is 28.1 Å². The second-order valence-electron chi connectivity index (χ2n) is 11.6. The zero-order valence-electron chi connectivity index (χ0n) is 23.7. The second kappa shape index (κ2) is 8.87. The van der Waals surface area contributed by atoms with Crippen molar-refractivity contribution in [3.8, 4) is 0 Å². The molecule has 39 heavy (non-hydrogen) atoms. The van der Waals surface area contributed by atoms with Gasteiger partial charge in [0.1, 0.15) is 5.69 Å². The molecule has 0 amide bonds. The number of nitrogens with zero attached hydrogens (tertiary/aromatic N) is 2. The summed E-state index contributed by atoms with van der Waals surface area (Å²) in [5.74, 6) is 0.571. The van der Waals surface area contributed by atoms with E-state index in [1.807, 2.05) is 39.0 Å². The number of Topliss-reactive ketones (excluding diaryl/α,β-unsaturated/α-hetero) is 2. The lowest BCUT2D eigenvalue weighted by molar-refractivity contribution is 0.0903. The smallest absolute Gasteiger partial charge is 0.193 e. The van der Waals surface area contributed by atoms with Gasteiger partial charge >= 0.3 is 0 Å². The van der Waals surface area contributed by atoms with E-state index in [0.717, 1.165) is 79.8 Å². The monoisotopic (exact) mass is 520 g/mol. The van der Waals surface area contributed by atoms with E-state index in [-0.39, 0.29) is 23.4 Å². The van der Waals surface area contributed by atoms with Crippen LogP contribution in [0, 0.1) is 13.8 Å². The van der Waals surface area contributed by atoms with E-state index in [9.17, 15) is 9.59 Å². The van der Waals surface area contributed by atoms with Crippen LogP contribution in [0.15, 0.2) is 24.8 Å². The highest BCUT2D eigenvalue weighted by Crippen LogP contribution is 2.44. The molecule has 6 heteroatoms. The zero-order chi connectivity index (χ0) is 27.8. The number of nitrogens with one attached hydrogen (secondary N) is 2. The minimum Gasteiger partial charge on any atom is -0.355 e. The molecule has 200 valence electrons. The fourth-order valence-corrected chi connectivity index (χ4v) is 6.74. The van der Waals surface area contributed by atoms with Gasteiger partial charge in [0.2, 0.25) is 0 Å². The fourth-order valence-electron chi connectivity index (χ4n) is 6.74. The van der Waals surface area contributed by atoms with Crippen LogP contribution in [0.5, 0.6) is 0 Å². The SMILES string of the molecule is C=Cc1c(C)c2cc3nc(c4c5[nH]c(cc6nc(cc1[nH]2)C(C)(CC)C6=O)c(C)c5C(=O)C4)[C@@H](CCC)[C@@H]3C. The molecule has 0 radical (unpaired) electrons. The number of ketones is 2. The molecular formula is C33H36N4O2. The molecule has 0 saturated carbocycles. The van der Waals surface area contributed by atoms with Crippen LogP contribution in [-0.2, 0) is 11.8 Å². The van der Waals surface area contributed by atoms with E-state index in [1.54, 1.807) is 0 Å². The predicted octanol–water partition coefficient (Wildman–Crippen LogP) is 7.55. The lowest BCUT2D eigenvalue weighted by Crippen LogP contribution is -2.27. The van der Waals surface area contributed by atoms with Crippen LogP contribution in [-0.4, -0.2) is 31.5 Å². The molecule has 3 aliphatic rings. The number of fused-ring (bicyclic) bond motifs is 8. The van der Waals surface area contributed by atoms with Crippen molar-refractivity contribution in [1.29, 1.82) is 0 Å². The van der Waals surface area contributed by atoms with Gasteiger partial charge < -0.3 is 9.97 Å². The van der Waals surface area contributed by atoms with Crippen LogP contribution in [0.1, 0.15) is 119 Å². The molecule has 6 rings (SSSR count). The lowest BCUT2D eigenvalue weighted by atomic mass is 9.80. The van der Waals surface area contributed by atoms with Crippen molar-refractivity contribution >= 4 is 39.7 Å². The van der Waals surface area contributed by atoms with Crippen LogP contribution >= 0.6 is 0 Å². The summed E-state index contributed by atoms with van der Waals surface area (Å²) < 4.78 is 0. The van der Waals surface area contributed by atoms with Crippen LogP contribution in [0.3, 0.4) is 0 Å². The fraction of sp³-hybridized carbons (Fsp3) is 0.394. The molecule has 0 saturated heterocycles. The van der Waals surface area contributed by atoms with Gasteiger partial charge in [-0.2, -0.15) is 0 Å². The average Bonchev–Trinajstić information content (AvgIpc) is 3.64. The van der Waals surface area contributed by atoms with Crippen molar-refractivity contribution in [3.05, 3.63) is 75.4 Å². The molecule has 0 fully saturated rings. The maximum absolute atomic E-state index is 13.7. The summed E-state index contributed by atoms with van der Waals surface area (Å²) in [5, 5.41) is 0. The second-order valence-corrected chi connectivity index (χ2v) is 11.6. The highest BCUT2D eigenvalue weighted by atomic mass is 16.1. The predicted molar refractivity (Wildman–Crippen MR) is 157 cm³/mol. The Labute approximate surface area is 229 Å². The third-order valence-electron chi connectivity index (χ3n) is 9.46. The van der Waals surface area contributed by atoms with Crippen molar-refractivity contribution in [2.45, 2.75) is 84.5 Å². The maximum atomic E-state index is 13.7. The number of rotatable bonds is 4. The number of H-pyrrole nitrogens is 2. The number of aromatic amines is 2. The van der Waals surface area contributed by atoms with Crippen molar-refractivity contribution < 1.29 is 9.59 Å². The number of carbonyl (C=O) groups is 2. The summed E-state index contributed by atoms with van der Waals surface area (Å²) in [6.45, 7) is 16.6. The molecule has 0 aromatic carbocycles. The van der Waals surface area contributed by atoms with Gasteiger partial charge in [0.15, 0.2) is 11.6 Å². The van der Waals surface area contributed by atoms with E-state index >= 15 is 0 Å². The van der Waals surface area contributed by atoms with Crippen molar-refractivity contribution in [2.24, 2.45) is 0 Å². The molecule has 2 aliphatic heterocycles. The third kappa shape index (κ3) is 3.53. The van der Waals surface area contributed by atoms with Crippen LogP contribution in [0.4, 0.5) is 0 Å². The Morgan fingerprint density at radius 3 is 2.49 bits per heavy atom. The van der Waals surface area contributed by atoms with Gasteiger partial charge in [-0.25, -0.2) is 4.98 Å². The van der Waals surface area contributed by atoms with Gasteiger partial charge in [-0.3, -0.25) is 14.6 Å². The molecule has 3 aromatic heterocycles. The van der Waals surface area contributed by atoms with E-state index in [1.165, 1.54) is 0 Å². The van der Waals surface area contributed by atoms with Crippen LogP contribution in [0.2, 0.25) is 0 Å². The van der Waals surface area contributed by atoms with E-state index in [2.05, 4.69) is 43.4 Å². The van der Waals surface area contributed by atoms with Gasteiger partial charge in [-0.15, -0.1) is 0 Å². The lowest BCUT2D eigenvalue weighted by Gasteiger charge is -2.19. The molecule has 0 spiro atoms. The molecule has 1 aliphatic carbocycles. The van der Waals surface area contributed by atoms with E-state index < -0.39 is 5.41 Å². The van der Waals surface area contributed by atoms with Gasteiger partial charge in [0.05, 0.1) is 22.3 Å². The molecule has 2 N–H and O–H groups in total. The number of hydrogen-bond donors (Lipinski definition) is 2. The van der Waals surface area contributed by atoms with Gasteiger partial charge in [0.25, 0.3) is 0 Å². The number of aromatic nitrogens is 4. The normalized spacial score (nSPS) is 22.1. The Hall–Kier alpha value is -3.80. The Kier molecular flexibility index (Phi) is 5.79. The van der Waals surface area contributed by atoms with Gasteiger partial charge in [0, 0.05) is 57.2 Å². The van der Waals surface area contributed by atoms with Crippen molar-refractivity contribution in [1.82, 2.24) is 19.9 Å². The Morgan fingerprint density at radius 1 is 1.05 bits per heavy atom. The first-order valence-corrected chi connectivity index (χ1v) is 14.1. The van der Waals surface area contributed by atoms with Gasteiger partial charge in [-0.1, -0.05) is 39.8 Å². The molecule has 8 bridgehead atoms. The minimum atomic E-state index is -0.738. The first-order chi connectivity index (χ1) is 18.6. The first kappa shape index (κ1) is 25.5. The van der Waals surface area contributed by atoms with E-state index in [4.69, 9.17) is 9.97 Å². The summed E-state index contributed by atoms with van der Waals surface area (Å²) in [6.07, 6.45) is 4.89. The maximum Gasteiger partial charge on any atom is 0.193 e. The Balaban J connectivity index is 1.81.